The molecule has 2 heterocycles. The number of rotatable bonds is 5. The first kappa shape index (κ1) is 14.2. The summed E-state index contributed by atoms with van der Waals surface area (Å²) in [6.45, 7) is 1.64. The SMILES string of the molecule is CC(NC(=O)c1cccs1)C(=O)Nc1nnc(C2CC2)s1. The van der Waals surface area contributed by atoms with Crippen LogP contribution in [0.15, 0.2) is 17.5 Å². The molecule has 1 unspecified atom stereocenters. The maximum Gasteiger partial charge on any atom is 0.261 e. The summed E-state index contributed by atoms with van der Waals surface area (Å²) in [5, 5.41) is 16.6. The molecule has 21 heavy (non-hydrogen) atoms. The molecule has 6 nitrogen and oxygen atoms in total. The van der Waals surface area contributed by atoms with E-state index in [1.54, 1.807) is 19.1 Å². The van der Waals surface area contributed by atoms with Crippen molar-refractivity contribution < 1.29 is 9.59 Å². The van der Waals surface area contributed by atoms with Gasteiger partial charge in [-0.3, -0.25) is 14.9 Å². The summed E-state index contributed by atoms with van der Waals surface area (Å²) in [6, 6.07) is 2.88. The molecule has 1 fully saturated rings. The zero-order chi connectivity index (χ0) is 14.8. The molecule has 110 valence electrons. The van der Waals surface area contributed by atoms with E-state index in [9.17, 15) is 9.59 Å². The number of carbonyl (C=O) groups excluding carboxylic acids is 2. The predicted octanol–water partition coefficient (Wildman–Crippen LogP) is 2.23. The molecule has 2 N–H and O–H groups in total. The first-order chi connectivity index (χ1) is 10.1. The Morgan fingerprint density at radius 1 is 1.38 bits per heavy atom. The van der Waals surface area contributed by atoms with Gasteiger partial charge in [-0.15, -0.1) is 21.5 Å². The van der Waals surface area contributed by atoms with E-state index in [2.05, 4.69) is 20.8 Å². The summed E-state index contributed by atoms with van der Waals surface area (Å²) in [4.78, 5) is 24.5. The fraction of sp³-hybridized carbons (Fsp3) is 0.385. The summed E-state index contributed by atoms with van der Waals surface area (Å²) < 4.78 is 0. The predicted molar refractivity (Wildman–Crippen MR) is 81.8 cm³/mol. The molecule has 0 bridgehead atoms. The summed E-state index contributed by atoms with van der Waals surface area (Å²) >= 11 is 2.74. The van der Waals surface area contributed by atoms with Crippen LogP contribution in [0.3, 0.4) is 0 Å². The Kier molecular flexibility index (Phi) is 3.98. The number of anilines is 1. The van der Waals surface area contributed by atoms with Gasteiger partial charge in [0.05, 0.1) is 4.88 Å². The first-order valence-electron chi connectivity index (χ1n) is 6.62. The van der Waals surface area contributed by atoms with Crippen LogP contribution in [0, 0.1) is 0 Å². The molecule has 3 rings (SSSR count). The second kappa shape index (κ2) is 5.90. The molecule has 1 saturated carbocycles. The zero-order valence-electron chi connectivity index (χ0n) is 11.3. The Bertz CT molecular complexity index is 649. The van der Waals surface area contributed by atoms with Crippen LogP contribution in [0.25, 0.3) is 0 Å². The Hall–Kier alpha value is -1.80. The van der Waals surface area contributed by atoms with Gasteiger partial charge in [0.1, 0.15) is 11.0 Å². The molecule has 1 aliphatic rings. The van der Waals surface area contributed by atoms with Crippen LogP contribution in [0.5, 0.6) is 0 Å². The molecular formula is C13H14N4O2S2. The smallest absolute Gasteiger partial charge is 0.261 e. The van der Waals surface area contributed by atoms with Gasteiger partial charge in [0, 0.05) is 5.92 Å². The third-order valence-electron chi connectivity index (χ3n) is 3.08. The van der Waals surface area contributed by atoms with E-state index in [1.807, 2.05) is 5.38 Å². The molecule has 0 spiro atoms. The fourth-order valence-corrected chi connectivity index (χ4v) is 3.28. The zero-order valence-corrected chi connectivity index (χ0v) is 13.0. The lowest BCUT2D eigenvalue weighted by molar-refractivity contribution is -0.117. The Balaban J connectivity index is 1.55. The second-order valence-corrected chi connectivity index (χ2v) is 6.84. The number of nitrogens with zero attached hydrogens (tertiary/aromatic N) is 2. The van der Waals surface area contributed by atoms with E-state index in [4.69, 9.17) is 0 Å². The van der Waals surface area contributed by atoms with Crippen LogP contribution in [0.1, 0.15) is 40.4 Å². The molecule has 1 aliphatic carbocycles. The second-order valence-electron chi connectivity index (χ2n) is 4.88. The topological polar surface area (TPSA) is 84.0 Å². The van der Waals surface area contributed by atoms with Crippen molar-refractivity contribution in [2.75, 3.05) is 5.32 Å². The normalized spacial score (nSPS) is 15.5. The summed E-state index contributed by atoms with van der Waals surface area (Å²) in [5.74, 6) is -0.0221. The quantitative estimate of drug-likeness (QED) is 0.884. The molecule has 2 aromatic heterocycles. The van der Waals surface area contributed by atoms with E-state index >= 15 is 0 Å². The molecule has 0 aliphatic heterocycles. The van der Waals surface area contributed by atoms with E-state index in [1.165, 1.54) is 22.7 Å². The molecule has 0 radical (unpaired) electrons. The third kappa shape index (κ3) is 3.45. The van der Waals surface area contributed by atoms with Gasteiger partial charge in [0.25, 0.3) is 5.91 Å². The molecule has 0 aromatic carbocycles. The first-order valence-corrected chi connectivity index (χ1v) is 8.31. The van der Waals surface area contributed by atoms with Gasteiger partial charge in [-0.05, 0) is 31.2 Å². The third-order valence-corrected chi connectivity index (χ3v) is 4.95. The van der Waals surface area contributed by atoms with E-state index in [0.29, 0.717) is 15.9 Å². The molecule has 2 aromatic rings. The average molecular weight is 322 g/mol. The summed E-state index contributed by atoms with van der Waals surface area (Å²) in [7, 11) is 0. The molecule has 1 atom stereocenters. The van der Waals surface area contributed by atoms with E-state index in [0.717, 1.165) is 17.8 Å². The van der Waals surface area contributed by atoms with Crippen molar-refractivity contribution in [3.63, 3.8) is 0 Å². The number of aromatic nitrogens is 2. The standard InChI is InChI=1S/C13H14N4O2S2/c1-7(14-11(19)9-3-2-6-20-9)10(18)15-13-17-16-12(21-13)8-4-5-8/h2-3,6-8H,4-5H2,1H3,(H,14,19)(H,15,17,18). The fourth-order valence-electron chi connectivity index (χ4n) is 1.74. The summed E-state index contributed by atoms with van der Waals surface area (Å²) in [6.07, 6.45) is 2.30. The van der Waals surface area contributed by atoms with Gasteiger partial charge in [-0.1, -0.05) is 17.4 Å². The lowest BCUT2D eigenvalue weighted by atomic mass is 10.3. The maximum atomic E-state index is 12.0. The number of amides is 2. The lowest BCUT2D eigenvalue weighted by Gasteiger charge is -2.11. The highest BCUT2D eigenvalue weighted by atomic mass is 32.1. The molecular weight excluding hydrogens is 308 g/mol. The monoisotopic (exact) mass is 322 g/mol. The number of nitrogens with one attached hydrogen (secondary N) is 2. The number of carbonyl (C=O) groups is 2. The largest absolute Gasteiger partial charge is 0.340 e. The highest BCUT2D eigenvalue weighted by molar-refractivity contribution is 7.15. The lowest BCUT2D eigenvalue weighted by Crippen LogP contribution is -2.41. The minimum Gasteiger partial charge on any atom is -0.340 e. The molecule has 0 saturated heterocycles. The minimum absolute atomic E-state index is 0.247. The van der Waals surface area contributed by atoms with Crippen molar-refractivity contribution in [2.24, 2.45) is 0 Å². The number of hydrogen-bond acceptors (Lipinski definition) is 6. The minimum atomic E-state index is -0.632. The summed E-state index contributed by atoms with van der Waals surface area (Å²) in [5.41, 5.74) is 0. The molecule has 2 amide bonds. The highest BCUT2D eigenvalue weighted by Gasteiger charge is 2.28. The Labute approximate surface area is 129 Å². The number of thiophene rings is 1. The van der Waals surface area contributed by atoms with Crippen molar-refractivity contribution >= 4 is 39.6 Å². The van der Waals surface area contributed by atoms with Gasteiger partial charge in [-0.25, -0.2) is 0 Å². The van der Waals surface area contributed by atoms with Crippen LogP contribution < -0.4 is 10.6 Å². The average Bonchev–Trinajstić information content (AvgIpc) is 2.99. The van der Waals surface area contributed by atoms with Crippen LogP contribution in [0.2, 0.25) is 0 Å². The van der Waals surface area contributed by atoms with E-state index in [-0.39, 0.29) is 11.8 Å². The van der Waals surface area contributed by atoms with Crippen molar-refractivity contribution in [1.82, 2.24) is 15.5 Å². The van der Waals surface area contributed by atoms with E-state index < -0.39 is 6.04 Å². The van der Waals surface area contributed by atoms with Gasteiger partial charge < -0.3 is 5.32 Å². The van der Waals surface area contributed by atoms with Gasteiger partial charge in [0.2, 0.25) is 11.0 Å². The van der Waals surface area contributed by atoms with Crippen LogP contribution in [-0.4, -0.2) is 28.1 Å². The molecule has 8 heteroatoms. The van der Waals surface area contributed by atoms with Crippen LogP contribution >= 0.6 is 22.7 Å². The van der Waals surface area contributed by atoms with Crippen molar-refractivity contribution in [3.8, 4) is 0 Å². The van der Waals surface area contributed by atoms with Crippen molar-refractivity contribution in [3.05, 3.63) is 27.4 Å². The van der Waals surface area contributed by atoms with Gasteiger partial charge in [0.15, 0.2) is 0 Å². The van der Waals surface area contributed by atoms with Crippen LogP contribution in [-0.2, 0) is 4.79 Å². The Morgan fingerprint density at radius 3 is 2.86 bits per heavy atom. The van der Waals surface area contributed by atoms with Crippen molar-refractivity contribution in [1.29, 1.82) is 0 Å². The van der Waals surface area contributed by atoms with Crippen molar-refractivity contribution in [2.45, 2.75) is 31.7 Å². The van der Waals surface area contributed by atoms with Gasteiger partial charge >= 0.3 is 0 Å². The number of hydrogen-bond donors (Lipinski definition) is 2. The highest BCUT2D eigenvalue weighted by Crippen LogP contribution is 2.42. The van der Waals surface area contributed by atoms with Gasteiger partial charge in [-0.2, -0.15) is 0 Å². The Morgan fingerprint density at radius 2 is 2.19 bits per heavy atom. The maximum absolute atomic E-state index is 12.0. The van der Waals surface area contributed by atoms with Crippen LogP contribution in [0.4, 0.5) is 5.13 Å².